The molecule has 0 amide bonds. The highest BCUT2D eigenvalue weighted by Gasteiger charge is 2.19. The highest BCUT2D eigenvalue weighted by Crippen LogP contribution is 2.38. The number of nitrogens with zero attached hydrogens (tertiary/aromatic N) is 3. The number of halogens is 1. The Labute approximate surface area is 196 Å². The van der Waals surface area contributed by atoms with Crippen molar-refractivity contribution in [3.63, 3.8) is 0 Å². The summed E-state index contributed by atoms with van der Waals surface area (Å²) in [7, 11) is 0. The van der Waals surface area contributed by atoms with Crippen LogP contribution in [0.25, 0.3) is 22.0 Å². The number of aromatic nitrogens is 2. The Hall–Kier alpha value is -2.91. The van der Waals surface area contributed by atoms with Crippen molar-refractivity contribution in [2.75, 3.05) is 11.4 Å². The van der Waals surface area contributed by atoms with Gasteiger partial charge in [-0.05, 0) is 68.5 Å². The topological polar surface area (TPSA) is 29.0 Å². The second-order valence-corrected chi connectivity index (χ2v) is 9.06. The number of aryl methyl sites for hydroxylation is 4. The Balaban J connectivity index is 1.96. The van der Waals surface area contributed by atoms with Gasteiger partial charge in [0.25, 0.3) is 0 Å². The van der Waals surface area contributed by atoms with Crippen molar-refractivity contribution in [1.29, 1.82) is 0 Å². The van der Waals surface area contributed by atoms with Gasteiger partial charge in [-0.2, -0.15) is 0 Å². The lowest BCUT2D eigenvalue weighted by Crippen LogP contribution is -2.25. The van der Waals surface area contributed by atoms with Gasteiger partial charge >= 0.3 is 0 Å². The summed E-state index contributed by atoms with van der Waals surface area (Å²) in [6.45, 7) is 12.3. The van der Waals surface area contributed by atoms with Crippen molar-refractivity contribution in [1.82, 2.24) is 9.97 Å². The smallest absolute Gasteiger partial charge is 0.140 e. The van der Waals surface area contributed by atoms with Gasteiger partial charge in [0, 0.05) is 29.1 Å². The van der Waals surface area contributed by atoms with Crippen LogP contribution in [0.15, 0.2) is 54.6 Å². The molecule has 1 aromatic heterocycles. The van der Waals surface area contributed by atoms with E-state index in [4.69, 9.17) is 21.6 Å². The van der Waals surface area contributed by atoms with Crippen LogP contribution in [0.1, 0.15) is 41.4 Å². The molecule has 1 heterocycles. The van der Waals surface area contributed by atoms with Crippen LogP contribution in [0.5, 0.6) is 0 Å². The zero-order valence-electron chi connectivity index (χ0n) is 19.5. The third kappa shape index (κ3) is 4.49. The van der Waals surface area contributed by atoms with E-state index in [1.54, 1.807) is 0 Å². The van der Waals surface area contributed by atoms with Gasteiger partial charge in [-0.25, -0.2) is 9.97 Å². The van der Waals surface area contributed by atoms with Gasteiger partial charge in [0.05, 0.1) is 5.52 Å². The molecule has 4 aromatic rings. The van der Waals surface area contributed by atoms with Crippen molar-refractivity contribution >= 4 is 28.3 Å². The predicted molar refractivity (Wildman–Crippen MR) is 137 cm³/mol. The van der Waals surface area contributed by atoms with Gasteiger partial charge in [0.15, 0.2) is 0 Å². The lowest BCUT2D eigenvalue weighted by atomic mass is 9.92. The van der Waals surface area contributed by atoms with Gasteiger partial charge < -0.3 is 4.90 Å². The van der Waals surface area contributed by atoms with Gasteiger partial charge in [-0.3, -0.25) is 0 Å². The molecule has 0 unspecified atom stereocenters. The summed E-state index contributed by atoms with van der Waals surface area (Å²) in [5.74, 6) is 1.72. The molecule has 4 heteroatoms. The van der Waals surface area contributed by atoms with E-state index in [9.17, 15) is 0 Å². The van der Waals surface area contributed by atoms with Crippen LogP contribution in [0.4, 0.5) is 5.82 Å². The largest absolute Gasteiger partial charge is 0.352 e. The Morgan fingerprint density at radius 2 is 1.56 bits per heavy atom. The summed E-state index contributed by atoms with van der Waals surface area (Å²) in [5.41, 5.74) is 8.23. The SMILES string of the molecule is CCCN(Cc1ccccc1)c1nc(C)nc2c(-c3c(C)cc(C)cc3C)cc(Cl)cc12. The average Bonchev–Trinajstić information content (AvgIpc) is 2.73. The Bertz CT molecular complexity index is 1240. The first-order valence-electron chi connectivity index (χ1n) is 11.2. The van der Waals surface area contributed by atoms with Crippen molar-refractivity contribution in [2.24, 2.45) is 0 Å². The zero-order valence-corrected chi connectivity index (χ0v) is 20.3. The van der Waals surface area contributed by atoms with Gasteiger partial charge in [-0.15, -0.1) is 0 Å². The van der Waals surface area contributed by atoms with Gasteiger partial charge in [0.2, 0.25) is 0 Å². The van der Waals surface area contributed by atoms with Gasteiger partial charge in [-0.1, -0.05) is 66.6 Å². The first kappa shape index (κ1) is 22.3. The van der Waals surface area contributed by atoms with Crippen LogP contribution in [0.2, 0.25) is 5.02 Å². The molecule has 0 N–H and O–H groups in total. The fraction of sp³-hybridized carbons (Fsp3) is 0.286. The Kier molecular flexibility index (Phi) is 6.48. The van der Waals surface area contributed by atoms with E-state index in [2.05, 4.69) is 75.1 Å². The average molecular weight is 444 g/mol. The van der Waals surface area contributed by atoms with Crippen molar-refractivity contribution in [2.45, 2.75) is 47.6 Å². The summed E-state index contributed by atoms with van der Waals surface area (Å²) in [5, 5.41) is 1.71. The molecule has 0 saturated carbocycles. The quantitative estimate of drug-likeness (QED) is 0.307. The molecule has 3 nitrogen and oxygen atoms in total. The van der Waals surface area contributed by atoms with E-state index in [0.717, 1.165) is 47.6 Å². The first-order valence-corrected chi connectivity index (χ1v) is 11.6. The van der Waals surface area contributed by atoms with Crippen molar-refractivity contribution in [3.05, 3.63) is 87.7 Å². The molecule has 0 radical (unpaired) electrons. The molecule has 3 aromatic carbocycles. The summed E-state index contributed by atoms with van der Waals surface area (Å²) in [6.07, 6.45) is 1.03. The molecule has 0 spiro atoms. The number of rotatable bonds is 6. The maximum atomic E-state index is 6.69. The van der Waals surface area contributed by atoms with E-state index in [-0.39, 0.29) is 0 Å². The third-order valence-electron chi connectivity index (χ3n) is 5.81. The van der Waals surface area contributed by atoms with E-state index >= 15 is 0 Å². The second kappa shape index (κ2) is 9.30. The molecule has 0 aliphatic heterocycles. The normalized spacial score (nSPS) is 11.2. The minimum atomic E-state index is 0.705. The molecule has 164 valence electrons. The summed E-state index contributed by atoms with van der Waals surface area (Å²) >= 11 is 6.69. The summed E-state index contributed by atoms with van der Waals surface area (Å²) in [4.78, 5) is 12.2. The summed E-state index contributed by atoms with van der Waals surface area (Å²) < 4.78 is 0. The lowest BCUT2D eigenvalue weighted by molar-refractivity contribution is 0.754. The predicted octanol–water partition coefficient (Wildman–Crippen LogP) is 7.60. The van der Waals surface area contributed by atoms with E-state index < -0.39 is 0 Å². The maximum Gasteiger partial charge on any atom is 0.140 e. The molecular formula is C28H30ClN3. The Morgan fingerprint density at radius 3 is 2.22 bits per heavy atom. The number of hydrogen-bond donors (Lipinski definition) is 0. The molecule has 0 aliphatic carbocycles. The minimum Gasteiger partial charge on any atom is -0.352 e. The summed E-state index contributed by atoms with van der Waals surface area (Å²) in [6, 6.07) is 19.1. The molecular weight excluding hydrogens is 414 g/mol. The monoisotopic (exact) mass is 443 g/mol. The van der Waals surface area contributed by atoms with E-state index in [0.29, 0.717) is 5.02 Å². The van der Waals surface area contributed by atoms with Crippen LogP contribution < -0.4 is 4.90 Å². The number of hydrogen-bond acceptors (Lipinski definition) is 3. The number of fused-ring (bicyclic) bond motifs is 1. The Morgan fingerprint density at radius 1 is 0.875 bits per heavy atom. The molecule has 0 aliphatic rings. The van der Waals surface area contributed by atoms with Crippen LogP contribution in [0.3, 0.4) is 0 Å². The van der Waals surface area contributed by atoms with Crippen LogP contribution in [-0.2, 0) is 6.54 Å². The highest BCUT2D eigenvalue weighted by atomic mass is 35.5. The molecule has 0 bridgehead atoms. The highest BCUT2D eigenvalue weighted by molar-refractivity contribution is 6.32. The molecule has 4 rings (SSSR count). The lowest BCUT2D eigenvalue weighted by Gasteiger charge is -2.26. The number of anilines is 1. The standard InChI is InChI=1S/C28H30ClN3/c1-6-12-32(17-22-10-8-7-9-11-22)28-25-16-23(29)15-24(27(25)30-21(5)31-28)26-19(3)13-18(2)14-20(26)4/h7-11,13-16H,6,12,17H2,1-5H3. The van der Waals surface area contributed by atoms with E-state index in [1.807, 2.05) is 19.1 Å². The fourth-order valence-corrected chi connectivity index (χ4v) is 4.88. The molecule has 0 atom stereocenters. The third-order valence-corrected chi connectivity index (χ3v) is 6.03. The van der Waals surface area contributed by atoms with Gasteiger partial charge in [0.1, 0.15) is 11.6 Å². The van der Waals surface area contributed by atoms with Crippen molar-refractivity contribution in [3.8, 4) is 11.1 Å². The maximum absolute atomic E-state index is 6.69. The second-order valence-electron chi connectivity index (χ2n) is 8.62. The van der Waals surface area contributed by atoms with Crippen LogP contribution in [0, 0.1) is 27.7 Å². The molecule has 32 heavy (non-hydrogen) atoms. The molecule has 0 saturated heterocycles. The molecule has 0 fully saturated rings. The fourth-order valence-electron chi connectivity index (χ4n) is 4.66. The van der Waals surface area contributed by atoms with E-state index in [1.165, 1.54) is 27.8 Å². The minimum absolute atomic E-state index is 0.705. The van der Waals surface area contributed by atoms with Crippen LogP contribution >= 0.6 is 11.6 Å². The van der Waals surface area contributed by atoms with Crippen LogP contribution in [-0.4, -0.2) is 16.5 Å². The van der Waals surface area contributed by atoms with Crippen molar-refractivity contribution < 1.29 is 0 Å². The number of benzene rings is 3. The zero-order chi connectivity index (χ0) is 22.8. The first-order chi connectivity index (χ1) is 15.4.